The number of carbonyl (C=O) groups excluding carboxylic acids is 2. The highest BCUT2D eigenvalue weighted by atomic mass is 31.2. The number of phosphoric acid groups is 1. The van der Waals surface area contributed by atoms with Crippen LogP contribution in [-0.2, 0) is 27.9 Å². The summed E-state index contributed by atoms with van der Waals surface area (Å²) in [6, 6.07) is -0.859. The monoisotopic (exact) mass is 1040 g/mol. The van der Waals surface area contributed by atoms with Crippen LogP contribution in [0, 0.1) is 0 Å². The van der Waals surface area contributed by atoms with E-state index in [0.717, 1.165) is 109 Å². The quantitative estimate of drug-likeness (QED) is 0.0205. The molecule has 0 fully saturated rings. The predicted molar refractivity (Wildman–Crippen MR) is 314 cm³/mol. The second kappa shape index (κ2) is 52.9. The Balaban J connectivity index is 5.27. The van der Waals surface area contributed by atoms with Crippen molar-refractivity contribution in [1.82, 2.24) is 5.32 Å². The summed E-state index contributed by atoms with van der Waals surface area (Å²) in [6.45, 7) is 6.88. The van der Waals surface area contributed by atoms with Crippen molar-refractivity contribution in [3.05, 3.63) is 72.9 Å². The Morgan fingerprint density at radius 2 is 0.877 bits per heavy atom. The van der Waals surface area contributed by atoms with Crippen LogP contribution >= 0.6 is 7.82 Å². The van der Waals surface area contributed by atoms with E-state index in [9.17, 15) is 19.0 Å². The second-order valence-corrected chi connectivity index (χ2v) is 23.0. The Labute approximate surface area is 451 Å². The van der Waals surface area contributed by atoms with Gasteiger partial charge in [-0.25, -0.2) is 4.57 Å². The molecule has 9 nitrogen and oxygen atoms in total. The van der Waals surface area contributed by atoms with Gasteiger partial charge in [0.2, 0.25) is 5.91 Å². The minimum absolute atomic E-state index is 0.0347. The fourth-order valence-corrected chi connectivity index (χ4v) is 9.23. The van der Waals surface area contributed by atoms with Crippen LogP contribution in [-0.4, -0.2) is 74.3 Å². The maximum Gasteiger partial charge on any atom is 0.472 e. The Morgan fingerprint density at radius 1 is 0.493 bits per heavy atom. The molecule has 10 heteroatoms. The minimum atomic E-state index is -4.45. The van der Waals surface area contributed by atoms with Gasteiger partial charge in [0.15, 0.2) is 0 Å². The average molecular weight is 1040 g/mol. The first kappa shape index (κ1) is 70.5. The molecule has 0 saturated heterocycles. The molecule has 73 heavy (non-hydrogen) atoms. The number of likely N-dealkylation sites (N-methyl/N-ethyl adjacent to an activating group) is 1. The number of phosphoric ester groups is 1. The van der Waals surface area contributed by atoms with Gasteiger partial charge in [0.25, 0.3) is 0 Å². The largest absolute Gasteiger partial charge is 0.472 e. The van der Waals surface area contributed by atoms with Crippen LogP contribution in [0.15, 0.2) is 72.9 Å². The van der Waals surface area contributed by atoms with E-state index in [1.54, 1.807) is 0 Å². The van der Waals surface area contributed by atoms with Gasteiger partial charge in [-0.3, -0.25) is 18.6 Å². The van der Waals surface area contributed by atoms with Crippen molar-refractivity contribution in [3.63, 3.8) is 0 Å². The summed E-state index contributed by atoms with van der Waals surface area (Å²) in [6.07, 6.45) is 67.5. The molecular formula is C63H116N2O7P+. The number of allylic oxidation sites excluding steroid dienone is 11. The smallest absolute Gasteiger partial charge is 0.456 e. The number of amides is 1. The van der Waals surface area contributed by atoms with E-state index in [0.29, 0.717) is 17.4 Å². The van der Waals surface area contributed by atoms with Crippen LogP contribution in [0.2, 0.25) is 0 Å². The van der Waals surface area contributed by atoms with E-state index in [1.165, 1.54) is 122 Å². The molecule has 3 atom stereocenters. The minimum Gasteiger partial charge on any atom is -0.456 e. The molecule has 0 aliphatic heterocycles. The van der Waals surface area contributed by atoms with Gasteiger partial charge >= 0.3 is 13.8 Å². The third-order valence-corrected chi connectivity index (χ3v) is 14.1. The lowest BCUT2D eigenvalue weighted by Crippen LogP contribution is -2.47. The fourth-order valence-electron chi connectivity index (χ4n) is 8.50. The van der Waals surface area contributed by atoms with Gasteiger partial charge in [0.05, 0.1) is 33.8 Å². The molecule has 0 rings (SSSR count). The van der Waals surface area contributed by atoms with Gasteiger partial charge in [-0.1, -0.05) is 248 Å². The molecule has 424 valence electrons. The molecule has 0 aromatic carbocycles. The van der Waals surface area contributed by atoms with Gasteiger partial charge in [-0.15, -0.1) is 0 Å². The Bertz CT molecular complexity index is 1480. The van der Waals surface area contributed by atoms with Gasteiger partial charge in [-0.05, 0) is 76.7 Å². The Morgan fingerprint density at radius 3 is 1.32 bits per heavy atom. The van der Waals surface area contributed by atoms with Gasteiger partial charge < -0.3 is 19.4 Å². The normalized spacial score (nSPS) is 14.2. The number of rotatable bonds is 54. The number of carbonyl (C=O) groups is 2. The molecule has 2 N–H and O–H groups in total. The number of hydrogen-bond acceptors (Lipinski definition) is 6. The molecule has 0 bridgehead atoms. The predicted octanol–water partition coefficient (Wildman–Crippen LogP) is 18.4. The number of nitrogens with one attached hydrogen (secondary N) is 1. The Hall–Kier alpha value is -2.55. The maximum absolute atomic E-state index is 13.5. The third-order valence-electron chi connectivity index (χ3n) is 13.2. The van der Waals surface area contributed by atoms with Crippen molar-refractivity contribution in [3.8, 4) is 0 Å². The number of unbranched alkanes of at least 4 members (excludes halogenated alkanes) is 28. The van der Waals surface area contributed by atoms with E-state index in [1.807, 2.05) is 33.3 Å². The average Bonchev–Trinajstić information content (AvgIpc) is 3.35. The van der Waals surface area contributed by atoms with Crippen molar-refractivity contribution >= 4 is 19.7 Å². The second-order valence-electron chi connectivity index (χ2n) is 21.5. The third kappa shape index (κ3) is 54.1. The molecule has 0 aromatic rings. The topological polar surface area (TPSA) is 111 Å². The summed E-state index contributed by atoms with van der Waals surface area (Å²) < 4.78 is 30.6. The highest BCUT2D eigenvalue weighted by Gasteiger charge is 2.30. The van der Waals surface area contributed by atoms with Crippen LogP contribution in [0.4, 0.5) is 0 Å². The van der Waals surface area contributed by atoms with E-state index in [-0.39, 0.29) is 31.5 Å². The van der Waals surface area contributed by atoms with Crippen LogP contribution in [0.3, 0.4) is 0 Å². The number of esters is 1. The number of ether oxygens (including phenoxy) is 1. The van der Waals surface area contributed by atoms with Crippen molar-refractivity contribution in [2.24, 2.45) is 0 Å². The molecule has 0 heterocycles. The highest BCUT2D eigenvalue weighted by Crippen LogP contribution is 2.43. The number of nitrogens with zero attached hydrogens (tertiary/aromatic N) is 1. The summed E-state index contributed by atoms with van der Waals surface area (Å²) in [7, 11) is 1.48. The molecule has 0 radical (unpaired) electrons. The molecular weight excluding hydrogens is 928 g/mol. The molecule has 3 unspecified atom stereocenters. The first-order valence-electron chi connectivity index (χ1n) is 30.3. The summed E-state index contributed by atoms with van der Waals surface area (Å²) in [5.41, 5.74) is 0. The zero-order chi connectivity index (χ0) is 53.6. The zero-order valence-electron chi connectivity index (χ0n) is 48.4. The zero-order valence-corrected chi connectivity index (χ0v) is 49.3. The van der Waals surface area contributed by atoms with Crippen LogP contribution in [0.25, 0.3) is 0 Å². The summed E-state index contributed by atoms with van der Waals surface area (Å²) in [5.74, 6) is -0.524. The maximum atomic E-state index is 13.5. The standard InChI is InChI=1S/C63H115N2O7P/c1-7-10-13-16-19-22-25-27-29-30-31-32-33-34-36-37-40-43-46-49-52-55-62(66)64-60(59-71-73(68,69)70-58-57-65(4,5)6)61(54-51-48-45-42-39-24-21-18-15-12-9-3)72-63(67)56-53-50-47-44-41-38-35-28-26-23-20-17-14-11-8-2/h10,13,19,22,27,29,31-32,34,36,51,54,60-61H,7-9,11-12,14-18,20-21,23-26,28,30,33,35,37-50,52-53,55-59H2,1-6H3,(H-,64,66,68,69)/p+1/b13-10-,22-19-,29-27-,32-31-,36-34-,54-51-. The van der Waals surface area contributed by atoms with Crippen LogP contribution < -0.4 is 5.32 Å². The lowest BCUT2D eigenvalue weighted by Gasteiger charge is -2.27. The fraction of sp³-hybridized carbons (Fsp3) is 0.778. The first-order valence-corrected chi connectivity index (χ1v) is 31.8. The number of hydrogen-bond donors (Lipinski definition) is 2. The summed E-state index contributed by atoms with van der Waals surface area (Å²) in [5, 5.41) is 3.04. The molecule has 1 amide bonds. The van der Waals surface area contributed by atoms with Gasteiger partial charge in [0.1, 0.15) is 19.3 Å². The van der Waals surface area contributed by atoms with E-state index in [2.05, 4.69) is 86.8 Å². The van der Waals surface area contributed by atoms with Crippen molar-refractivity contribution in [2.45, 2.75) is 277 Å². The van der Waals surface area contributed by atoms with Crippen molar-refractivity contribution in [1.29, 1.82) is 0 Å². The molecule has 0 aromatic heterocycles. The highest BCUT2D eigenvalue weighted by molar-refractivity contribution is 7.47. The van der Waals surface area contributed by atoms with Gasteiger partial charge in [0, 0.05) is 12.8 Å². The van der Waals surface area contributed by atoms with Crippen molar-refractivity contribution in [2.75, 3.05) is 40.9 Å². The molecule has 0 aliphatic rings. The van der Waals surface area contributed by atoms with E-state index < -0.39 is 20.0 Å². The lowest BCUT2D eigenvalue weighted by atomic mass is 10.0. The van der Waals surface area contributed by atoms with E-state index >= 15 is 0 Å². The lowest BCUT2D eigenvalue weighted by molar-refractivity contribution is -0.870. The Kier molecular flexibility index (Phi) is 51.0. The summed E-state index contributed by atoms with van der Waals surface area (Å²) in [4.78, 5) is 37.6. The SMILES string of the molecule is CC/C=C\C/C=C\C/C=C\C/C=C\C/C=C\CCCCCCCC(=O)NC(COP(=O)(O)OCC[N+](C)(C)C)C(/C=C\CCCCCCCCCCC)OC(=O)CCCCCCCCCCCCCCCCC. The van der Waals surface area contributed by atoms with Crippen LogP contribution in [0.5, 0.6) is 0 Å². The van der Waals surface area contributed by atoms with E-state index in [4.69, 9.17) is 13.8 Å². The molecule has 0 saturated carbocycles. The van der Waals surface area contributed by atoms with Crippen molar-refractivity contribution < 1.29 is 37.3 Å². The van der Waals surface area contributed by atoms with Gasteiger partial charge in [-0.2, -0.15) is 0 Å². The van der Waals surface area contributed by atoms with Crippen LogP contribution in [0.1, 0.15) is 265 Å². The summed E-state index contributed by atoms with van der Waals surface area (Å²) >= 11 is 0. The molecule has 0 spiro atoms. The molecule has 0 aliphatic carbocycles. The first-order chi connectivity index (χ1) is 35.4. The number of quaternary nitrogens is 1.